The third kappa shape index (κ3) is 2.19. The second-order valence-electron chi connectivity index (χ2n) is 4.07. The van der Waals surface area contributed by atoms with Gasteiger partial charge in [0.05, 0.1) is 6.04 Å². The van der Waals surface area contributed by atoms with E-state index >= 15 is 0 Å². The fourth-order valence-corrected chi connectivity index (χ4v) is 2.01. The average Bonchev–Trinajstić information content (AvgIpc) is 2.32. The lowest BCUT2D eigenvalue weighted by Gasteiger charge is -2.37. The van der Waals surface area contributed by atoms with E-state index in [1.54, 1.807) is 6.07 Å². The summed E-state index contributed by atoms with van der Waals surface area (Å²) < 4.78 is 18.2. The number of morpholine rings is 1. The standard InChI is InChI=1S/C12H12FNO4/c1-14-9(15)6-18-11(12(16)17)10(14)7-3-2-4-8(13)5-7/h2-5,10-11H,6H2,1H3,(H,16,17). The van der Waals surface area contributed by atoms with Crippen molar-refractivity contribution in [1.82, 2.24) is 4.90 Å². The van der Waals surface area contributed by atoms with Gasteiger partial charge in [-0.05, 0) is 17.7 Å². The van der Waals surface area contributed by atoms with Crippen LogP contribution in [0.15, 0.2) is 24.3 Å². The molecule has 1 amide bonds. The molecule has 2 unspecified atom stereocenters. The second-order valence-corrected chi connectivity index (χ2v) is 4.07. The summed E-state index contributed by atoms with van der Waals surface area (Å²) in [4.78, 5) is 23.9. The highest BCUT2D eigenvalue weighted by Crippen LogP contribution is 2.29. The van der Waals surface area contributed by atoms with Crippen molar-refractivity contribution in [2.75, 3.05) is 13.7 Å². The molecule has 1 fully saturated rings. The van der Waals surface area contributed by atoms with Gasteiger partial charge in [0.1, 0.15) is 12.4 Å². The van der Waals surface area contributed by atoms with E-state index in [1.165, 1.54) is 30.1 Å². The number of rotatable bonds is 2. The smallest absolute Gasteiger partial charge is 0.335 e. The molecule has 18 heavy (non-hydrogen) atoms. The first-order valence-electron chi connectivity index (χ1n) is 5.36. The minimum atomic E-state index is -1.19. The Hall–Kier alpha value is -1.95. The van der Waals surface area contributed by atoms with Gasteiger partial charge in [0.2, 0.25) is 5.91 Å². The van der Waals surface area contributed by atoms with E-state index in [4.69, 9.17) is 9.84 Å². The maximum atomic E-state index is 13.2. The Morgan fingerprint density at radius 2 is 2.28 bits per heavy atom. The summed E-state index contributed by atoms with van der Waals surface area (Å²) >= 11 is 0. The predicted molar refractivity (Wildman–Crippen MR) is 59.3 cm³/mol. The molecule has 6 heteroatoms. The zero-order valence-electron chi connectivity index (χ0n) is 9.67. The predicted octanol–water partition coefficient (Wildman–Crippen LogP) is 0.809. The molecule has 96 valence electrons. The van der Waals surface area contributed by atoms with Crippen molar-refractivity contribution in [3.05, 3.63) is 35.6 Å². The van der Waals surface area contributed by atoms with Gasteiger partial charge in [-0.1, -0.05) is 12.1 Å². The summed E-state index contributed by atoms with van der Waals surface area (Å²) in [6.07, 6.45) is -1.19. The van der Waals surface area contributed by atoms with Crippen LogP contribution in [0.3, 0.4) is 0 Å². The number of aliphatic carboxylic acids is 1. The first-order valence-corrected chi connectivity index (χ1v) is 5.36. The lowest BCUT2D eigenvalue weighted by molar-refractivity contribution is -0.171. The van der Waals surface area contributed by atoms with Crippen LogP contribution in [0.25, 0.3) is 0 Å². The topological polar surface area (TPSA) is 66.8 Å². The number of carboxylic acids is 1. The van der Waals surface area contributed by atoms with Gasteiger partial charge in [0.15, 0.2) is 6.10 Å². The highest BCUT2D eigenvalue weighted by Gasteiger charge is 2.40. The maximum Gasteiger partial charge on any atom is 0.335 e. The summed E-state index contributed by atoms with van der Waals surface area (Å²) in [6, 6.07) is 4.68. The van der Waals surface area contributed by atoms with Crippen LogP contribution in [-0.4, -0.2) is 41.6 Å². The van der Waals surface area contributed by atoms with Crippen LogP contribution in [0.4, 0.5) is 4.39 Å². The van der Waals surface area contributed by atoms with E-state index in [2.05, 4.69) is 0 Å². The van der Waals surface area contributed by atoms with Crippen LogP contribution in [0.2, 0.25) is 0 Å². The van der Waals surface area contributed by atoms with Gasteiger partial charge >= 0.3 is 5.97 Å². The van der Waals surface area contributed by atoms with E-state index in [9.17, 15) is 14.0 Å². The number of carboxylic acid groups (broad SMARTS) is 1. The number of hydrogen-bond donors (Lipinski definition) is 1. The Bertz CT molecular complexity index is 491. The number of amides is 1. The van der Waals surface area contributed by atoms with Gasteiger partial charge in [-0.2, -0.15) is 0 Å². The molecule has 1 N–H and O–H groups in total. The SMILES string of the molecule is CN1C(=O)COC(C(=O)O)C1c1cccc(F)c1. The summed E-state index contributed by atoms with van der Waals surface area (Å²) in [5.74, 6) is -1.99. The van der Waals surface area contributed by atoms with E-state index in [-0.39, 0.29) is 12.5 Å². The molecule has 1 saturated heterocycles. The highest BCUT2D eigenvalue weighted by atomic mass is 19.1. The highest BCUT2D eigenvalue weighted by molar-refractivity contribution is 5.82. The van der Waals surface area contributed by atoms with Gasteiger partial charge < -0.3 is 14.7 Å². The number of ether oxygens (including phenoxy) is 1. The van der Waals surface area contributed by atoms with Crippen LogP contribution in [-0.2, 0) is 14.3 Å². The molecule has 1 aliphatic rings. The summed E-state index contributed by atoms with van der Waals surface area (Å²) in [7, 11) is 1.48. The molecule has 1 aromatic rings. The van der Waals surface area contributed by atoms with Crippen molar-refractivity contribution in [2.45, 2.75) is 12.1 Å². The number of carbonyl (C=O) groups excluding carboxylic acids is 1. The molecule has 0 spiro atoms. The fourth-order valence-electron chi connectivity index (χ4n) is 2.01. The Morgan fingerprint density at radius 1 is 1.56 bits per heavy atom. The van der Waals surface area contributed by atoms with Crippen LogP contribution in [0.5, 0.6) is 0 Å². The molecule has 0 bridgehead atoms. The van der Waals surface area contributed by atoms with Crippen molar-refractivity contribution in [3.8, 4) is 0 Å². The van der Waals surface area contributed by atoms with Crippen molar-refractivity contribution in [1.29, 1.82) is 0 Å². The Balaban J connectivity index is 2.41. The lowest BCUT2D eigenvalue weighted by Crippen LogP contribution is -2.50. The molecule has 5 nitrogen and oxygen atoms in total. The molecule has 0 saturated carbocycles. The monoisotopic (exact) mass is 253 g/mol. The zero-order chi connectivity index (χ0) is 13.3. The van der Waals surface area contributed by atoms with Crippen molar-refractivity contribution < 1.29 is 23.8 Å². The van der Waals surface area contributed by atoms with Gasteiger partial charge in [0.25, 0.3) is 0 Å². The molecule has 2 rings (SSSR count). The first-order chi connectivity index (χ1) is 8.50. The summed E-state index contributed by atoms with van der Waals surface area (Å²) in [6.45, 7) is -0.278. The van der Waals surface area contributed by atoms with Crippen LogP contribution in [0, 0.1) is 5.82 Å². The fraction of sp³-hybridized carbons (Fsp3) is 0.333. The number of nitrogens with zero attached hydrogens (tertiary/aromatic N) is 1. The number of halogens is 1. The van der Waals surface area contributed by atoms with E-state index in [1.807, 2.05) is 0 Å². The molecule has 0 aliphatic carbocycles. The normalized spacial score (nSPS) is 24.1. The van der Waals surface area contributed by atoms with Gasteiger partial charge in [-0.3, -0.25) is 4.79 Å². The number of carbonyl (C=O) groups is 2. The summed E-state index contributed by atoms with van der Waals surface area (Å²) in [5.41, 5.74) is 0.401. The molecular weight excluding hydrogens is 241 g/mol. The zero-order valence-corrected chi connectivity index (χ0v) is 9.67. The number of benzene rings is 1. The van der Waals surface area contributed by atoms with E-state index < -0.39 is 23.9 Å². The van der Waals surface area contributed by atoms with E-state index in [0.717, 1.165) is 0 Å². The van der Waals surface area contributed by atoms with Crippen LogP contribution >= 0.6 is 0 Å². The molecule has 1 aromatic carbocycles. The quantitative estimate of drug-likeness (QED) is 0.847. The van der Waals surface area contributed by atoms with Gasteiger partial charge in [-0.25, -0.2) is 9.18 Å². The average molecular weight is 253 g/mol. The third-order valence-electron chi connectivity index (χ3n) is 2.92. The van der Waals surface area contributed by atoms with Crippen molar-refractivity contribution in [2.24, 2.45) is 0 Å². The van der Waals surface area contributed by atoms with Crippen molar-refractivity contribution in [3.63, 3.8) is 0 Å². The molecule has 0 aromatic heterocycles. The summed E-state index contributed by atoms with van der Waals surface area (Å²) in [5, 5.41) is 9.09. The molecule has 0 radical (unpaired) electrons. The minimum Gasteiger partial charge on any atom is -0.479 e. The lowest BCUT2D eigenvalue weighted by atomic mass is 9.98. The Labute approximate surface area is 103 Å². The number of likely N-dealkylation sites (N-methyl/N-ethyl adjacent to an activating group) is 1. The maximum absolute atomic E-state index is 13.2. The van der Waals surface area contributed by atoms with E-state index in [0.29, 0.717) is 5.56 Å². The van der Waals surface area contributed by atoms with Gasteiger partial charge in [-0.15, -0.1) is 0 Å². The van der Waals surface area contributed by atoms with Crippen LogP contribution in [0.1, 0.15) is 11.6 Å². The first kappa shape index (κ1) is 12.5. The molecule has 2 atom stereocenters. The molecule has 1 heterocycles. The minimum absolute atomic E-state index is 0.278. The Kier molecular flexibility index (Phi) is 3.29. The van der Waals surface area contributed by atoms with Crippen molar-refractivity contribution >= 4 is 11.9 Å². The van der Waals surface area contributed by atoms with Crippen LogP contribution < -0.4 is 0 Å². The molecule has 1 aliphatic heterocycles. The van der Waals surface area contributed by atoms with Gasteiger partial charge in [0, 0.05) is 7.05 Å². The third-order valence-corrected chi connectivity index (χ3v) is 2.92. The largest absolute Gasteiger partial charge is 0.479 e. The second kappa shape index (κ2) is 4.73. The molecular formula is C12H12FNO4. The number of hydrogen-bond acceptors (Lipinski definition) is 3. The Morgan fingerprint density at radius 3 is 2.89 bits per heavy atom.